The molecule has 0 amide bonds. The molecular weight excluding hydrogens is 386 g/mol. The van der Waals surface area contributed by atoms with Crippen molar-refractivity contribution in [3.63, 3.8) is 0 Å². The molecule has 0 bridgehead atoms. The SMILES string of the molecule is O=C(O)C(=O)O.c1ccc(CC2CCN(CC3COc4ccccc4O3)CC2)cc1. The molecule has 2 aromatic rings. The number of hydrogen-bond acceptors (Lipinski definition) is 5. The average molecular weight is 413 g/mol. The predicted molar refractivity (Wildman–Crippen MR) is 111 cm³/mol. The fourth-order valence-corrected chi connectivity index (χ4v) is 3.76. The van der Waals surface area contributed by atoms with Crippen LogP contribution in [0.5, 0.6) is 11.5 Å². The number of para-hydroxylation sites is 2. The molecular formula is C23H27NO6. The fourth-order valence-electron chi connectivity index (χ4n) is 3.76. The van der Waals surface area contributed by atoms with E-state index in [1.54, 1.807) is 0 Å². The van der Waals surface area contributed by atoms with Gasteiger partial charge in [-0.2, -0.15) is 0 Å². The van der Waals surface area contributed by atoms with E-state index in [9.17, 15) is 0 Å². The van der Waals surface area contributed by atoms with E-state index >= 15 is 0 Å². The number of fused-ring (bicyclic) bond motifs is 1. The molecule has 160 valence electrons. The van der Waals surface area contributed by atoms with Crippen LogP contribution in [0.3, 0.4) is 0 Å². The maximum Gasteiger partial charge on any atom is 0.414 e. The largest absolute Gasteiger partial charge is 0.486 e. The quantitative estimate of drug-likeness (QED) is 0.744. The van der Waals surface area contributed by atoms with Gasteiger partial charge in [-0.3, -0.25) is 4.90 Å². The molecule has 2 heterocycles. The van der Waals surface area contributed by atoms with Crippen LogP contribution in [0.4, 0.5) is 0 Å². The number of carboxylic acids is 2. The summed E-state index contributed by atoms with van der Waals surface area (Å²) >= 11 is 0. The molecule has 2 N–H and O–H groups in total. The Balaban J connectivity index is 0.000000377. The van der Waals surface area contributed by atoms with Crippen molar-refractivity contribution in [2.24, 2.45) is 5.92 Å². The lowest BCUT2D eigenvalue weighted by molar-refractivity contribution is -0.159. The molecule has 0 saturated carbocycles. The van der Waals surface area contributed by atoms with Crippen molar-refractivity contribution in [3.8, 4) is 11.5 Å². The van der Waals surface area contributed by atoms with Crippen LogP contribution < -0.4 is 9.47 Å². The highest BCUT2D eigenvalue weighted by atomic mass is 16.6. The third kappa shape index (κ3) is 6.49. The van der Waals surface area contributed by atoms with Crippen molar-refractivity contribution in [1.82, 2.24) is 4.90 Å². The van der Waals surface area contributed by atoms with Crippen molar-refractivity contribution in [3.05, 3.63) is 60.2 Å². The van der Waals surface area contributed by atoms with E-state index in [1.807, 2.05) is 24.3 Å². The van der Waals surface area contributed by atoms with Gasteiger partial charge in [0.2, 0.25) is 0 Å². The number of carboxylic acid groups (broad SMARTS) is 2. The summed E-state index contributed by atoms with van der Waals surface area (Å²) in [6, 6.07) is 18.8. The number of aliphatic carboxylic acids is 2. The van der Waals surface area contributed by atoms with E-state index in [0.29, 0.717) is 6.61 Å². The van der Waals surface area contributed by atoms with Crippen LogP contribution >= 0.6 is 0 Å². The molecule has 2 aliphatic heterocycles. The van der Waals surface area contributed by atoms with Crippen LogP contribution in [-0.2, 0) is 16.0 Å². The smallest absolute Gasteiger partial charge is 0.414 e. The van der Waals surface area contributed by atoms with Gasteiger partial charge in [-0.1, -0.05) is 42.5 Å². The third-order valence-electron chi connectivity index (χ3n) is 5.29. The normalized spacial score (nSPS) is 18.7. The molecule has 1 saturated heterocycles. The molecule has 30 heavy (non-hydrogen) atoms. The van der Waals surface area contributed by atoms with Gasteiger partial charge in [-0.25, -0.2) is 9.59 Å². The van der Waals surface area contributed by atoms with Crippen LogP contribution in [-0.4, -0.2) is 59.4 Å². The Bertz CT molecular complexity index is 821. The molecule has 2 aromatic carbocycles. The number of benzene rings is 2. The second kappa shape index (κ2) is 10.6. The molecule has 1 atom stereocenters. The fraction of sp³-hybridized carbons (Fsp3) is 0.391. The molecule has 0 spiro atoms. The summed E-state index contributed by atoms with van der Waals surface area (Å²) in [5, 5.41) is 14.8. The van der Waals surface area contributed by atoms with Gasteiger partial charge in [-0.05, 0) is 56.0 Å². The maximum atomic E-state index is 9.10. The van der Waals surface area contributed by atoms with Gasteiger partial charge in [0.05, 0.1) is 0 Å². The van der Waals surface area contributed by atoms with E-state index in [2.05, 4.69) is 35.2 Å². The zero-order valence-corrected chi connectivity index (χ0v) is 16.8. The lowest BCUT2D eigenvalue weighted by atomic mass is 9.90. The number of hydrogen-bond donors (Lipinski definition) is 2. The molecule has 0 aromatic heterocycles. The van der Waals surface area contributed by atoms with Crippen LogP contribution in [0.25, 0.3) is 0 Å². The summed E-state index contributed by atoms with van der Waals surface area (Å²) < 4.78 is 11.9. The van der Waals surface area contributed by atoms with Crippen LogP contribution in [0, 0.1) is 5.92 Å². The Morgan fingerprint density at radius 3 is 2.13 bits per heavy atom. The maximum absolute atomic E-state index is 9.10. The van der Waals surface area contributed by atoms with Gasteiger partial charge in [0, 0.05) is 6.54 Å². The van der Waals surface area contributed by atoms with E-state index in [-0.39, 0.29) is 6.10 Å². The van der Waals surface area contributed by atoms with Gasteiger partial charge in [0.1, 0.15) is 12.7 Å². The van der Waals surface area contributed by atoms with Gasteiger partial charge in [-0.15, -0.1) is 0 Å². The lowest BCUT2D eigenvalue weighted by Gasteiger charge is -2.35. The summed E-state index contributed by atoms with van der Waals surface area (Å²) in [6.45, 7) is 3.95. The predicted octanol–water partition coefficient (Wildman–Crippen LogP) is 2.94. The molecule has 2 aliphatic rings. The minimum atomic E-state index is -1.82. The Hall–Kier alpha value is -3.06. The number of likely N-dealkylation sites (tertiary alicyclic amines) is 1. The zero-order chi connectivity index (χ0) is 21.3. The van der Waals surface area contributed by atoms with Crippen LogP contribution in [0.15, 0.2) is 54.6 Å². The molecule has 1 fully saturated rings. The number of carbonyl (C=O) groups is 2. The number of rotatable bonds is 4. The summed E-state index contributed by atoms with van der Waals surface area (Å²) in [6.07, 6.45) is 3.91. The van der Waals surface area contributed by atoms with E-state index in [4.69, 9.17) is 29.3 Å². The van der Waals surface area contributed by atoms with Crippen LogP contribution in [0.1, 0.15) is 18.4 Å². The molecule has 7 heteroatoms. The summed E-state index contributed by atoms with van der Waals surface area (Å²) in [4.78, 5) is 20.7. The monoisotopic (exact) mass is 413 g/mol. The highest BCUT2D eigenvalue weighted by Crippen LogP contribution is 2.31. The van der Waals surface area contributed by atoms with E-state index in [1.165, 1.54) is 37.9 Å². The van der Waals surface area contributed by atoms with Crippen molar-refractivity contribution in [2.45, 2.75) is 25.4 Å². The first kappa shape index (κ1) is 21.6. The van der Waals surface area contributed by atoms with Crippen molar-refractivity contribution in [2.75, 3.05) is 26.2 Å². The Morgan fingerprint density at radius 1 is 0.900 bits per heavy atom. The second-order valence-electron chi connectivity index (χ2n) is 7.54. The highest BCUT2D eigenvalue weighted by molar-refractivity contribution is 6.27. The summed E-state index contributed by atoms with van der Waals surface area (Å²) in [7, 11) is 0. The Kier molecular flexibility index (Phi) is 7.68. The highest BCUT2D eigenvalue weighted by Gasteiger charge is 2.26. The first-order valence-electron chi connectivity index (χ1n) is 10.1. The second-order valence-corrected chi connectivity index (χ2v) is 7.54. The number of ether oxygens (including phenoxy) is 2. The minimum absolute atomic E-state index is 0.144. The molecule has 0 aliphatic carbocycles. The average Bonchev–Trinajstić information content (AvgIpc) is 2.76. The van der Waals surface area contributed by atoms with Crippen molar-refractivity contribution < 1.29 is 29.3 Å². The first-order valence-corrected chi connectivity index (χ1v) is 10.1. The first-order chi connectivity index (χ1) is 14.5. The van der Waals surface area contributed by atoms with Crippen molar-refractivity contribution >= 4 is 11.9 Å². The van der Waals surface area contributed by atoms with Crippen LogP contribution in [0.2, 0.25) is 0 Å². The van der Waals surface area contributed by atoms with Gasteiger partial charge in [0.25, 0.3) is 0 Å². The summed E-state index contributed by atoms with van der Waals surface area (Å²) in [5.74, 6) is -1.08. The van der Waals surface area contributed by atoms with Gasteiger partial charge < -0.3 is 19.7 Å². The van der Waals surface area contributed by atoms with E-state index in [0.717, 1.165) is 24.0 Å². The molecule has 4 rings (SSSR count). The molecule has 0 radical (unpaired) electrons. The Labute approximate surface area is 175 Å². The van der Waals surface area contributed by atoms with E-state index < -0.39 is 11.9 Å². The number of nitrogens with zero attached hydrogens (tertiary/aromatic N) is 1. The minimum Gasteiger partial charge on any atom is -0.486 e. The number of piperidine rings is 1. The van der Waals surface area contributed by atoms with Gasteiger partial charge in [0.15, 0.2) is 11.5 Å². The summed E-state index contributed by atoms with van der Waals surface area (Å²) in [5.41, 5.74) is 1.47. The topological polar surface area (TPSA) is 96.3 Å². The van der Waals surface area contributed by atoms with Crippen molar-refractivity contribution in [1.29, 1.82) is 0 Å². The standard InChI is InChI=1S/C21H25NO2.C2H2O4/c1-2-6-17(7-3-1)14-18-10-12-22(13-11-18)15-19-16-23-20-8-4-5-9-21(20)24-19;3-1(4)2(5)6/h1-9,18-19H,10-16H2;(H,3,4)(H,5,6). The van der Waals surface area contributed by atoms with Gasteiger partial charge >= 0.3 is 11.9 Å². The molecule has 7 nitrogen and oxygen atoms in total. The third-order valence-corrected chi connectivity index (χ3v) is 5.29. The lowest BCUT2D eigenvalue weighted by Crippen LogP contribution is -2.44. The Morgan fingerprint density at radius 2 is 1.50 bits per heavy atom. The molecule has 1 unspecified atom stereocenters. The zero-order valence-electron chi connectivity index (χ0n) is 16.8.